The van der Waals surface area contributed by atoms with E-state index in [-0.39, 0.29) is 23.7 Å². The zero-order valence-corrected chi connectivity index (χ0v) is 15.0. The van der Waals surface area contributed by atoms with Crippen molar-refractivity contribution in [1.29, 1.82) is 0 Å². The minimum Gasteiger partial charge on any atom is -0.360 e. The van der Waals surface area contributed by atoms with Crippen LogP contribution in [0, 0.1) is 0 Å². The predicted molar refractivity (Wildman–Crippen MR) is 89.2 cm³/mol. The number of hydrogen-bond acceptors (Lipinski definition) is 5. The van der Waals surface area contributed by atoms with E-state index in [0.717, 1.165) is 18.6 Å². The highest BCUT2D eigenvalue weighted by atomic mass is 32.2. The Morgan fingerprint density at radius 1 is 1.42 bits per heavy atom. The molecule has 134 valence electrons. The first-order valence-corrected chi connectivity index (χ1v) is 10.3. The number of amides is 1. The molecular weight excluding hydrogens is 330 g/mol. The maximum atomic E-state index is 12.3. The van der Waals surface area contributed by atoms with Gasteiger partial charge in [0.1, 0.15) is 5.76 Å². The maximum absolute atomic E-state index is 12.3. The number of sulfonamides is 1. The number of hydrogen-bond donors (Lipinski definition) is 1. The van der Waals surface area contributed by atoms with Crippen molar-refractivity contribution in [2.75, 3.05) is 12.3 Å². The van der Waals surface area contributed by atoms with E-state index in [1.165, 1.54) is 0 Å². The third kappa shape index (κ3) is 3.80. The maximum Gasteiger partial charge on any atom is 0.273 e. The highest BCUT2D eigenvalue weighted by Crippen LogP contribution is 2.40. The molecule has 0 unspecified atom stereocenters. The molecule has 2 fully saturated rings. The molecule has 3 rings (SSSR count). The number of nitrogens with zero attached hydrogens (tertiary/aromatic N) is 2. The van der Waals surface area contributed by atoms with Gasteiger partial charge in [-0.1, -0.05) is 12.1 Å². The van der Waals surface area contributed by atoms with Crippen LogP contribution in [-0.4, -0.2) is 48.2 Å². The number of aromatic nitrogens is 1. The molecule has 1 amide bonds. The van der Waals surface area contributed by atoms with E-state index < -0.39 is 10.0 Å². The highest BCUT2D eigenvalue weighted by Gasteiger charge is 2.34. The van der Waals surface area contributed by atoms with Crippen LogP contribution in [0.4, 0.5) is 0 Å². The fraction of sp³-hybridized carbons (Fsp3) is 0.750. The van der Waals surface area contributed by atoms with Gasteiger partial charge >= 0.3 is 0 Å². The van der Waals surface area contributed by atoms with Crippen LogP contribution in [0.5, 0.6) is 0 Å². The van der Waals surface area contributed by atoms with Crippen molar-refractivity contribution in [1.82, 2.24) is 14.8 Å². The lowest BCUT2D eigenvalue weighted by Crippen LogP contribution is -2.51. The number of carbonyl (C=O) groups excluding carboxylic acids is 1. The first-order chi connectivity index (χ1) is 11.4. The number of nitrogens with one attached hydrogen (secondary N) is 1. The summed E-state index contributed by atoms with van der Waals surface area (Å²) in [6.07, 6.45) is 4.03. The zero-order valence-electron chi connectivity index (χ0n) is 14.2. The van der Waals surface area contributed by atoms with Gasteiger partial charge in [0, 0.05) is 30.6 Å². The van der Waals surface area contributed by atoms with Crippen molar-refractivity contribution in [2.24, 2.45) is 0 Å². The summed E-state index contributed by atoms with van der Waals surface area (Å²) in [6.45, 7) is 4.20. The molecule has 1 saturated heterocycles. The van der Waals surface area contributed by atoms with Gasteiger partial charge in [0.25, 0.3) is 5.91 Å². The molecule has 1 saturated carbocycles. The van der Waals surface area contributed by atoms with Gasteiger partial charge < -0.3 is 9.84 Å². The van der Waals surface area contributed by atoms with Crippen molar-refractivity contribution in [2.45, 2.75) is 64.0 Å². The standard InChI is InChI=1S/C16H25N3O4S/c1-3-8-24(21,22)19-7-6-13(9-11(19)2)17-16(20)14-10-15(23-18-14)12-4-5-12/h10-13H,3-9H2,1-2H3,(H,17,20)/t11-,13-/m0/s1. The van der Waals surface area contributed by atoms with Gasteiger partial charge in [0.05, 0.1) is 5.75 Å². The van der Waals surface area contributed by atoms with E-state index in [2.05, 4.69) is 10.5 Å². The van der Waals surface area contributed by atoms with E-state index in [9.17, 15) is 13.2 Å². The van der Waals surface area contributed by atoms with Crippen molar-refractivity contribution in [3.63, 3.8) is 0 Å². The van der Waals surface area contributed by atoms with Crippen molar-refractivity contribution >= 4 is 15.9 Å². The van der Waals surface area contributed by atoms with Gasteiger partial charge in [-0.05, 0) is 39.0 Å². The average Bonchev–Trinajstić information content (AvgIpc) is 3.24. The first-order valence-electron chi connectivity index (χ1n) is 8.67. The van der Waals surface area contributed by atoms with Gasteiger partial charge in [-0.25, -0.2) is 8.42 Å². The molecular formula is C16H25N3O4S. The van der Waals surface area contributed by atoms with E-state index in [0.29, 0.717) is 37.4 Å². The van der Waals surface area contributed by atoms with Crippen molar-refractivity contribution in [3.8, 4) is 0 Å². The van der Waals surface area contributed by atoms with E-state index in [4.69, 9.17) is 4.52 Å². The summed E-state index contributed by atoms with van der Waals surface area (Å²) in [6, 6.07) is 1.57. The monoisotopic (exact) mass is 355 g/mol. The lowest BCUT2D eigenvalue weighted by Gasteiger charge is -2.36. The van der Waals surface area contributed by atoms with Gasteiger partial charge in [0.15, 0.2) is 5.69 Å². The van der Waals surface area contributed by atoms with Gasteiger partial charge in [-0.15, -0.1) is 0 Å². The smallest absolute Gasteiger partial charge is 0.273 e. The summed E-state index contributed by atoms with van der Waals surface area (Å²) in [5.74, 6) is 1.14. The molecule has 1 N–H and O–H groups in total. The minimum absolute atomic E-state index is 0.0401. The molecule has 1 aromatic heterocycles. The fourth-order valence-corrected chi connectivity index (χ4v) is 5.05. The second-order valence-corrected chi connectivity index (χ2v) is 8.90. The molecule has 0 bridgehead atoms. The summed E-state index contributed by atoms with van der Waals surface area (Å²) in [4.78, 5) is 12.3. The highest BCUT2D eigenvalue weighted by molar-refractivity contribution is 7.89. The second kappa shape index (κ2) is 6.84. The second-order valence-electron chi connectivity index (χ2n) is 6.86. The summed E-state index contributed by atoms with van der Waals surface area (Å²) < 4.78 is 31.3. The lowest BCUT2D eigenvalue weighted by molar-refractivity contribution is 0.0905. The Morgan fingerprint density at radius 3 is 2.79 bits per heavy atom. The van der Waals surface area contributed by atoms with E-state index >= 15 is 0 Å². The molecule has 0 radical (unpaired) electrons. The molecule has 2 atom stereocenters. The molecule has 0 aromatic carbocycles. The summed E-state index contributed by atoms with van der Waals surface area (Å²) in [5, 5.41) is 6.81. The molecule has 7 nitrogen and oxygen atoms in total. The summed E-state index contributed by atoms with van der Waals surface area (Å²) >= 11 is 0. The van der Waals surface area contributed by atoms with Crippen LogP contribution < -0.4 is 5.32 Å². The third-order valence-corrected chi connectivity index (χ3v) is 6.89. The number of piperidine rings is 1. The van der Waals surface area contributed by atoms with Gasteiger partial charge in [0.2, 0.25) is 10.0 Å². The molecule has 2 aliphatic rings. The van der Waals surface area contributed by atoms with Crippen LogP contribution in [0.25, 0.3) is 0 Å². The van der Waals surface area contributed by atoms with E-state index in [1.807, 2.05) is 13.8 Å². The SMILES string of the molecule is CCCS(=O)(=O)N1CC[C@H](NC(=O)c2cc(C3CC3)on2)C[C@@H]1C. The first kappa shape index (κ1) is 17.4. The largest absolute Gasteiger partial charge is 0.360 e. The van der Waals surface area contributed by atoms with Crippen molar-refractivity contribution in [3.05, 3.63) is 17.5 Å². The normalized spacial score (nSPS) is 25.6. The van der Waals surface area contributed by atoms with Crippen LogP contribution in [0.3, 0.4) is 0 Å². The Kier molecular flexibility index (Phi) is 4.96. The Hall–Kier alpha value is -1.41. The Morgan fingerprint density at radius 2 is 2.17 bits per heavy atom. The molecule has 1 aliphatic carbocycles. The Bertz CT molecular complexity index is 696. The molecule has 24 heavy (non-hydrogen) atoms. The van der Waals surface area contributed by atoms with Crippen LogP contribution in [-0.2, 0) is 10.0 Å². The van der Waals surface area contributed by atoms with Crippen LogP contribution in [0.2, 0.25) is 0 Å². The van der Waals surface area contributed by atoms with Gasteiger partial charge in [-0.3, -0.25) is 4.79 Å². The number of rotatable bonds is 6. The Labute approximate surface area is 142 Å². The summed E-state index contributed by atoms with van der Waals surface area (Å²) in [5.41, 5.74) is 0.311. The summed E-state index contributed by atoms with van der Waals surface area (Å²) in [7, 11) is -3.19. The quantitative estimate of drug-likeness (QED) is 0.841. The molecule has 0 spiro atoms. The van der Waals surface area contributed by atoms with Crippen LogP contribution in [0.15, 0.2) is 10.6 Å². The lowest BCUT2D eigenvalue weighted by atomic mass is 10.0. The topological polar surface area (TPSA) is 92.5 Å². The fourth-order valence-electron chi connectivity index (χ4n) is 3.29. The van der Waals surface area contributed by atoms with Crippen molar-refractivity contribution < 1.29 is 17.7 Å². The third-order valence-electron chi connectivity index (χ3n) is 4.71. The molecule has 2 heterocycles. The Balaban J connectivity index is 1.56. The number of carbonyl (C=O) groups is 1. The average molecular weight is 355 g/mol. The van der Waals surface area contributed by atoms with Crippen LogP contribution >= 0.6 is 0 Å². The molecule has 1 aromatic rings. The van der Waals surface area contributed by atoms with Crippen LogP contribution in [0.1, 0.15) is 68.1 Å². The molecule has 8 heteroatoms. The molecule has 1 aliphatic heterocycles. The van der Waals surface area contributed by atoms with E-state index in [1.54, 1.807) is 10.4 Å². The zero-order chi connectivity index (χ0) is 17.3. The van der Waals surface area contributed by atoms with Gasteiger partial charge in [-0.2, -0.15) is 4.31 Å². The predicted octanol–water partition coefficient (Wildman–Crippen LogP) is 1.87. The minimum atomic E-state index is -3.19.